The molecule has 1 aliphatic rings. The standard InChI is InChI=1S/C14H18BrN3O7S/c1-8(19)16-10-5-12(25-11(10)7-24-26(2,22)23)18-6-9(3-4-15)13(20)17-14(18)21/h3-4,6,10-12H,5,7H2,1-2H3,(H,16,19)(H,17,20,21)/b4-3+/t10-,11+,12+/m0/s1. The molecule has 26 heavy (non-hydrogen) atoms. The molecule has 0 spiro atoms. The second-order valence-corrected chi connectivity index (χ2v) is 7.88. The maximum atomic E-state index is 12.1. The van der Waals surface area contributed by atoms with Gasteiger partial charge in [0.05, 0.1) is 24.5 Å². The van der Waals surface area contributed by atoms with Crippen LogP contribution in [0.1, 0.15) is 25.1 Å². The van der Waals surface area contributed by atoms with Crippen LogP contribution in [0.4, 0.5) is 0 Å². The molecule has 144 valence electrons. The Labute approximate surface area is 157 Å². The van der Waals surface area contributed by atoms with Gasteiger partial charge in [-0.25, -0.2) is 4.79 Å². The Hall–Kier alpha value is -1.76. The van der Waals surface area contributed by atoms with Crippen molar-refractivity contribution in [1.29, 1.82) is 0 Å². The lowest BCUT2D eigenvalue weighted by Crippen LogP contribution is -2.41. The van der Waals surface area contributed by atoms with Gasteiger partial charge in [0, 0.05) is 19.5 Å². The van der Waals surface area contributed by atoms with Crippen molar-refractivity contribution in [2.45, 2.75) is 31.7 Å². The fourth-order valence-electron chi connectivity index (χ4n) is 2.56. The van der Waals surface area contributed by atoms with Crippen molar-refractivity contribution in [3.63, 3.8) is 0 Å². The number of nitrogens with zero attached hydrogens (tertiary/aromatic N) is 1. The van der Waals surface area contributed by atoms with Crippen molar-refractivity contribution in [2.24, 2.45) is 0 Å². The zero-order chi connectivity index (χ0) is 19.5. The van der Waals surface area contributed by atoms with Gasteiger partial charge >= 0.3 is 5.69 Å². The predicted molar refractivity (Wildman–Crippen MR) is 96.2 cm³/mol. The van der Waals surface area contributed by atoms with Crippen molar-refractivity contribution in [2.75, 3.05) is 12.9 Å². The monoisotopic (exact) mass is 451 g/mol. The van der Waals surface area contributed by atoms with E-state index < -0.39 is 39.7 Å². The van der Waals surface area contributed by atoms with Crippen molar-refractivity contribution in [3.8, 4) is 0 Å². The molecule has 0 aromatic carbocycles. The highest BCUT2D eigenvalue weighted by Gasteiger charge is 2.38. The first-order chi connectivity index (χ1) is 12.1. The molecule has 1 aromatic heterocycles. The lowest BCUT2D eigenvalue weighted by Gasteiger charge is -2.18. The first kappa shape index (κ1) is 20.6. The van der Waals surface area contributed by atoms with E-state index in [1.807, 2.05) is 0 Å². The van der Waals surface area contributed by atoms with Crippen LogP contribution in [0.5, 0.6) is 0 Å². The highest BCUT2D eigenvalue weighted by atomic mass is 79.9. The van der Waals surface area contributed by atoms with Gasteiger partial charge in [0.25, 0.3) is 15.7 Å². The summed E-state index contributed by atoms with van der Waals surface area (Å²) in [5, 5.41) is 2.65. The maximum Gasteiger partial charge on any atom is 0.330 e. The number of rotatable bonds is 6. The van der Waals surface area contributed by atoms with Crippen molar-refractivity contribution in [3.05, 3.63) is 37.6 Å². The summed E-state index contributed by atoms with van der Waals surface area (Å²) in [4.78, 5) is 38.9. The summed E-state index contributed by atoms with van der Waals surface area (Å²) in [6, 6.07) is -0.562. The van der Waals surface area contributed by atoms with Crippen LogP contribution >= 0.6 is 15.9 Å². The van der Waals surface area contributed by atoms with Gasteiger partial charge < -0.3 is 10.1 Å². The molecule has 1 aliphatic heterocycles. The molecule has 0 radical (unpaired) electrons. The molecule has 2 N–H and O–H groups in total. The molecular weight excluding hydrogens is 434 g/mol. The smallest absolute Gasteiger partial charge is 0.330 e. The van der Waals surface area contributed by atoms with E-state index in [1.165, 1.54) is 28.7 Å². The molecule has 3 atom stereocenters. The highest BCUT2D eigenvalue weighted by molar-refractivity contribution is 9.11. The van der Waals surface area contributed by atoms with Gasteiger partial charge in [-0.2, -0.15) is 8.42 Å². The van der Waals surface area contributed by atoms with Gasteiger partial charge in [0.2, 0.25) is 5.91 Å². The summed E-state index contributed by atoms with van der Waals surface area (Å²) >= 11 is 3.06. The second-order valence-electron chi connectivity index (χ2n) is 5.70. The van der Waals surface area contributed by atoms with E-state index in [-0.39, 0.29) is 24.5 Å². The number of carbonyl (C=O) groups excluding carboxylic acids is 1. The minimum atomic E-state index is -3.70. The predicted octanol–water partition coefficient (Wildman–Crippen LogP) is -0.329. The molecule has 10 nitrogen and oxygen atoms in total. The van der Waals surface area contributed by atoms with Crippen molar-refractivity contribution >= 4 is 38.0 Å². The minimum absolute atomic E-state index is 0.195. The van der Waals surface area contributed by atoms with E-state index in [4.69, 9.17) is 8.92 Å². The fourth-order valence-corrected chi connectivity index (χ4v) is 3.23. The fraction of sp³-hybridized carbons (Fsp3) is 0.500. The quantitative estimate of drug-likeness (QED) is 0.564. The van der Waals surface area contributed by atoms with Crippen LogP contribution in [0, 0.1) is 0 Å². The molecule has 0 unspecified atom stereocenters. The van der Waals surface area contributed by atoms with Crippen LogP contribution in [0.2, 0.25) is 0 Å². The normalized spacial score (nSPS) is 23.4. The third-order valence-electron chi connectivity index (χ3n) is 3.62. The molecule has 12 heteroatoms. The molecule has 1 aromatic rings. The molecule has 0 saturated carbocycles. The molecule has 0 aliphatic carbocycles. The number of carbonyl (C=O) groups is 1. The van der Waals surface area contributed by atoms with Crippen LogP contribution in [-0.2, 0) is 23.8 Å². The third-order valence-corrected chi connectivity index (χ3v) is 4.45. The Morgan fingerprint density at radius 2 is 2.23 bits per heavy atom. The summed E-state index contributed by atoms with van der Waals surface area (Å²) in [5.41, 5.74) is -1.02. The summed E-state index contributed by atoms with van der Waals surface area (Å²) in [6.07, 6.45) is 2.28. The van der Waals surface area contributed by atoms with Crippen LogP contribution in [0.3, 0.4) is 0 Å². The highest BCUT2D eigenvalue weighted by Crippen LogP contribution is 2.28. The van der Waals surface area contributed by atoms with Crippen LogP contribution in [0.25, 0.3) is 6.08 Å². The van der Waals surface area contributed by atoms with E-state index in [0.717, 1.165) is 6.26 Å². The zero-order valence-electron chi connectivity index (χ0n) is 14.0. The van der Waals surface area contributed by atoms with Gasteiger partial charge in [0.15, 0.2) is 0 Å². The second kappa shape index (κ2) is 8.29. The van der Waals surface area contributed by atoms with Gasteiger partial charge in [-0.3, -0.25) is 23.3 Å². The third kappa shape index (κ3) is 5.37. The molecule has 1 amide bonds. The minimum Gasteiger partial charge on any atom is -0.351 e. The average Bonchev–Trinajstić information content (AvgIpc) is 2.89. The molecule has 1 saturated heterocycles. The van der Waals surface area contributed by atoms with E-state index in [2.05, 4.69) is 26.2 Å². The van der Waals surface area contributed by atoms with Crippen molar-refractivity contribution < 1.29 is 22.1 Å². The first-order valence-corrected chi connectivity index (χ1v) is 10.2. The SMILES string of the molecule is CC(=O)N[C@H]1C[C@H](n2cc(/C=C/Br)c(=O)[nH]c2=O)O[C@@H]1COS(C)(=O)=O. The number of hydrogen-bond acceptors (Lipinski definition) is 7. The van der Waals surface area contributed by atoms with Gasteiger partial charge in [-0.15, -0.1) is 0 Å². The Kier molecular flexibility index (Phi) is 6.55. The Bertz CT molecular complexity index is 921. The van der Waals surface area contributed by atoms with Crippen LogP contribution in [0.15, 0.2) is 20.8 Å². The Balaban J connectivity index is 2.30. The number of aromatic amines is 1. The van der Waals surface area contributed by atoms with Gasteiger partial charge in [-0.05, 0) is 11.1 Å². The molecule has 2 rings (SSSR count). The van der Waals surface area contributed by atoms with E-state index >= 15 is 0 Å². The van der Waals surface area contributed by atoms with E-state index in [0.29, 0.717) is 0 Å². The number of halogens is 1. The Morgan fingerprint density at radius 1 is 1.54 bits per heavy atom. The summed E-state index contributed by atoms with van der Waals surface area (Å²) < 4.78 is 34.1. The summed E-state index contributed by atoms with van der Waals surface area (Å²) in [6.45, 7) is 0.999. The van der Waals surface area contributed by atoms with E-state index in [9.17, 15) is 22.8 Å². The van der Waals surface area contributed by atoms with Crippen molar-refractivity contribution in [1.82, 2.24) is 14.9 Å². The number of H-pyrrole nitrogens is 1. The van der Waals surface area contributed by atoms with Gasteiger partial charge in [-0.1, -0.05) is 15.9 Å². The molecule has 1 fully saturated rings. The molecule has 0 bridgehead atoms. The summed E-state index contributed by atoms with van der Waals surface area (Å²) in [5.74, 6) is -0.333. The van der Waals surface area contributed by atoms with Crippen LogP contribution in [-0.4, -0.2) is 48.9 Å². The largest absolute Gasteiger partial charge is 0.351 e. The molecular formula is C14H18BrN3O7S. The molecule has 2 heterocycles. The lowest BCUT2D eigenvalue weighted by atomic mass is 10.1. The zero-order valence-corrected chi connectivity index (χ0v) is 16.4. The Morgan fingerprint density at radius 3 is 2.81 bits per heavy atom. The van der Waals surface area contributed by atoms with Gasteiger partial charge in [0.1, 0.15) is 12.3 Å². The lowest BCUT2D eigenvalue weighted by molar-refractivity contribution is -0.120. The first-order valence-electron chi connectivity index (χ1n) is 7.50. The maximum absolute atomic E-state index is 12.1. The van der Waals surface area contributed by atoms with E-state index in [1.54, 1.807) is 0 Å². The number of hydrogen-bond donors (Lipinski definition) is 2. The summed E-state index contributed by atoms with van der Waals surface area (Å²) in [7, 11) is -3.70. The topological polar surface area (TPSA) is 137 Å². The number of ether oxygens (including phenoxy) is 1. The number of amides is 1. The van der Waals surface area contributed by atoms with Crippen LogP contribution < -0.4 is 16.6 Å². The average molecular weight is 452 g/mol. The number of nitrogens with one attached hydrogen (secondary N) is 2. The number of aromatic nitrogens is 2.